The molecule has 0 unspecified atom stereocenters. The van der Waals surface area contributed by atoms with Gasteiger partial charge in [0.2, 0.25) is 5.95 Å². The van der Waals surface area contributed by atoms with Crippen LogP contribution in [0.4, 0.5) is 11.6 Å². The molecule has 7 nitrogen and oxygen atoms in total. The fourth-order valence-corrected chi connectivity index (χ4v) is 1.48. The van der Waals surface area contributed by atoms with E-state index in [1.54, 1.807) is 0 Å². The van der Waals surface area contributed by atoms with Crippen molar-refractivity contribution in [2.45, 2.75) is 5.03 Å². The van der Waals surface area contributed by atoms with E-state index in [0.717, 1.165) is 0 Å². The molecule has 0 atom stereocenters. The van der Waals surface area contributed by atoms with Gasteiger partial charge in [-0.05, 0) is 5.18 Å². The molecule has 8 heteroatoms. The molecule has 0 aliphatic carbocycles. The van der Waals surface area contributed by atoms with Crippen molar-refractivity contribution in [1.29, 1.82) is 0 Å². The Balaban J connectivity index is 2.87. The summed E-state index contributed by atoms with van der Waals surface area (Å²) in [4.78, 5) is 22.1. The van der Waals surface area contributed by atoms with Crippen molar-refractivity contribution in [1.82, 2.24) is 9.97 Å². The summed E-state index contributed by atoms with van der Waals surface area (Å²) in [6, 6.07) is 0. The van der Waals surface area contributed by atoms with Crippen molar-refractivity contribution >= 4 is 23.7 Å². The number of hydrogen-bond donors (Lipinski definition) is 1. The number of nitrogens with two attached hydrogens (primary N) is 1. The molecule has 0 amide bonds. The van der Waals surface area contributed by atoms with Crippen molar-refractivity contribution in [2.24, 2.45) is 5.18 Å². The Morgan fingerprint density at radius 3 is 3.08 bits per heavy atom. The highest BCUT2D eigenvalue weighted by Crippen LogP contribution is 2.27. The van der Waals surface area contributed by atoms with E-state index >= 15 is 0 Å². The molecule has 1 aromatic heterocycles. The van der Waals surface area contributed by atoms with E-state index in [4.69, 9.17) is 10.1 Å². The fraction of sp³-hybridized carbons (Fsp3) is 0.200. The second kappa shape index (κ2) is 4.70. The lowest BCUT2D eigenvalue weighted by atomic mass is 10.6. The topological polar surface area (TPSA) is 99.7 Å². The van der Waals surface area contributed by atoms with Crippen LogP contribution in [0.5, 0.6) is 0 Å². The summed E-state index contributed by atoms with van der Waals surface area (Å²) in [7, 11) is 1.38. The first kappa shape index (κ1) is 9.84. The van der Waals surface area contributed by atoms with Gasteiger partial charge in [0.1, 0.15) is 5.03 Å². The predicted molar refractivity (Wildman–Crippen MR) is 51.4 cm³/mol. The zero-order valence-electron chi connectivity index (χ0n) is 6.93. The lowest BCUT2D eigenvalue weighted by molar-refractivity contribution is -0.160. The average Bonchev–Trinajstić information content (AvgIpc) is 2.15. The quantitative estimate of drug-likeness (QED) is 0.321. The Morgan fingerprint density at radius 1 is 1.69 bits per heavy atom. The van der Waals surface area contributed by atoms with Gasteiger partial charge in [0.05, 0.1) is 13.3 Å². The highest BCUT2D eigenvalue weighted by molar-refractivity contribution is 7.94. The van der Waals surface area contributed by atoms with Crippen LogP contribution in [0.15, 0.2) is 16.4 Å². The molecule has 0 aromatic carbocycles. The molecule has 0 aliphatic rings. The van der Waals surface area contributed by atoms with Gasteiger partial charge in [-0.3, -0.25) is 0 Å². The van der Waals surface area contributed by atoms with E-state index in [9.17, 15) is 4.91 Å². The molecule has 0 spiro atoms. The normalized spacial score (nSPS) is 10.2. The number of rotatable bonds is 4. The fourth-order valence-electron chi connectivity index (χ4n) is 0.723. The minimum atomic E-state index is -1.22. The molecule has 74 valence electrons. The van der Waals surface area contributed by atoms with Crippen molar-refractivity contribution in [3.8, 4) is 0 Å². The van der Waals surface area contributed by atoms with Gasteiger partial charge in [0.25, 0.3) is 0 Å². The summed E-state index contributed by atoms with van der Waals surface area (Å²) in [5, 5.41) is 3.17. The molecule has 0 radical (unpaired) electrons. The Bertz CT molecular complexity index is 308. The minimum absolute atomic E-state index is 0.0922. The molecule has 2 N–H and O–H groups in total. The first-order valence-electron chi connectivity index (χ1n) is 3.38. The second-order valence-corrected chi connectivity index (χ2v) is 3.27. The van der Waals surface area contributed by atoms with Gasteiger partial charge in [0, 0.05) is 0 Å². The number of nitrogen functional groups attached to an aromatic ring is 1. The number of aromatic nitrogens is 2. The summed E-state index contributed by atoms with van der Waals surface area (Å²) in [5.74, 6) is 0.0922. The zero-order chi connectivity index (χ0) is 9.68. The summed E-state index contributed by atoms with van der Waals surface area (Å²) in [5.41, 5.74) is 5.46. The van der Waals surface area contributed by atoms with E-state index in [1.807, 2.05) is 0 Å². The molecule has 1 rings (SSSR count). The summed E-state index contributed by atoms with van der Waals surface area (Å²) in [6.45, 7) is 0. The largest absolute Gasteiger partial charge is 0.368 e. The van der Waals surface area contributed by atoms with Gasteiger partial charge in [0.15, 0.2) is 5.69 Å². The van der Waals surface area contributed by atoms with E-state index in [2.05, 4.69) is 20.0 Å². The van der Waals surface area contributed by atoms with Gasteiger partial charge in [-0.25, -0.2) is 19.2 Å². The maximum Gasteiger partial charge on any atom is 0.221 e. The first-order valence-corrected chi connectivity index (χ1v) is 4.66. The maximum atomic E-state index is 10.3. The SMILES string of the molecule is COO[SH4]c1nc(N)ncc1N=O. The Kier molecular flexibility index (Phi) is 3.55. The monoisotopic (exact) mass is 206 g/mol. The number of anilines is 1. The number of hydrogen-bond acceptors (Lipinski definition) is 7. The van der Waals surface area contributed by atoms with Crippen molar-refractivity contribution < 1.29 is 9.22 Å². The van der Waals surface area contributed by atoms with Crippen molar-refractivity contribution in [2.75, 3.05) is 12.8 Å². The number of nitrogens with zero attached hydrogens (tertiary/aromatic N) is 3. The van der Waals surface area contributed by atoms with E-state index in [0.29, 0.717) is 5.03 Å². The van der Waals surface area contributed by atoms with Crippen LogP contribution in [0.1, 0.15) is 0 Å². The third kappa shape index (κ3) is 2.61. The van der Waals surface area contributed by atoms with Gasteiger partial charge < -0.3 is 5.73 Å². The van der Waals surface area contributed by atoms with Gasteiger partial charge in [-0.2, -0.15) is 12.0 Å². The first-order chi connectivity index (χ1) is 6.27. The molecule has 0 saturated carbocycles. The van der Waals surface area contributed by atoms with Crippen molar-refractivity contribution in [3.63, 3.8) is 0 Å². The van der Waals surface area contributed by atoms with E-state index in [-0.39, 0.29) is 11.6 Å². The van der Waals surface area contributed by atoms with Crippen LogP contribution in [-0.2, 0) is 9.22 Å². The Labute approximate surface area is 77.8 Å². The second-order valence-electron chi connectivity index (χ2n) is 2.08. The van der Waals surface area contributed by atoms with Crippen LogP contribution in [0, 0.1) is 4.91 Å². The van der Waals surface area contributed by atoms with Crippen LogP contribution >= 0.6 is 12.0 Å². The average molecular weight is 206 g/mol. The molecule has 1 heterocycles. The summed E-state index contributed by atoms with van der Waals surface area (Å²) >= 11 is -1.22. The predicted octanol–water partition coefficient (Wildman–Crippen LogP) is -0.0290. The van der Waals surface area contributed by atoms with E-state index < -0.39 is 12.0 Å². The van der Waals surface area contributed by atoms with Gasteiger partial charge >= 0.3 is 0 Å². The highest BCUT2D eigenvalue weighted by Gasteiger charge is 2.03. The molecule has 13 heavy (non-hydrogen) atoms. The Morgan fingerprint density at radius 2 is 2.46 bits per heavy atom. The number of nitroso groups, excluding NO2 is 1. The molecule has 0 aliphatic heterocycles. The van der Waals surface area contributed by atoms with Gasteiger partial charge in [-0.15, -0.1) is 4.91 Å². The van der Waals surface area contributed by atoms with Gasteiger partial charge in [-0.1, -0.05) is 0 Å². The molecular weight excluding hydrogens is 196 g/mol. The standard InChI is InChI=1S/C5H10N4O3S/c1-11-12-13-4-3(9-10)2-7-5(6)8-4/h2H,1H3,13H4,(H2,6,7,8). The molecule has 0 fully saturated rings. The van der Waals surface area contributed by atoms with Crippen molar-refractivity contribution in [3.05, 3.63) is 11.1 Å². The molecular formula is C5H10N4O3S. The third-order valence-electron chi connectivity index (χ3n) is 1.28. The zero-order valence-corrected chi connectivity index (χ0v) is 8.34. The maximum absolute atomic E-state index is 10.3. The summed E-state index contributed by atoms with van der Waals surface area (Å²) in [6.07, 6.45) is 1.26. The molecule has 0 bridgehead atoms. The smallest absolute Gasteiger partial charge is 0.221 e. The molecule has 0 saturated heterocycles. The Hall–Kier alpha value is -1.25. The highest BCUT2D eigenvalue weighted by atomic mass is 32.2. The summed E-state index contributed by atoms with van der Waals surface area (Å²) < 4.78 is 4.71. The van der Waals surface area contributed by atoms with Crippen LogP contribution in [0.25, 0.3) is 0 Å². The van der Waals surface area contributed by atoms with E-state index in [1.165, 1.54) is 13.3 Å². The lowest BCUT2D eigenvalue weighted by Gasteiger charge is -2.05. The van der Waals surface area contributed by atoms with Crippen LogP contribution in [-0.4, -0.2) is 17.1 Å². The molecule has 1 aromatic rings. The van der Waals surface area contributed by atoms with Crippen LogP contribution in [0.2, 0.25) is 0 Å². The van der Waals surface area contributed by atoms with Crippen LogP contribution in [0.3, 0.4) is 0 Å². The van der Waals surface area contributed by atoms with Crippen LogP contribution < -0.4 is 5.73 Å². The lowest BCUT2D eigenvalue weighted by Crippen LogP contribution is -1.95. The third-order valence-corrected chi connectivity index (χ3v) is 2.42. The minimum Gasteiger partial charge on any atom is -0.368 e.